The third-order valence-electron chi connectivity index (χ3n) is 1.92. The van der Waals surface area contributed by atoms with E-state index in [9.17, 15) is 0 Å². The maximum Gasteiger partial charge on any atom is 0.0997 e. The number of thiol groups is 1. The topological polar surface area (TPSA) is 23.8 Å². The van der Waals surface area contributed by atoms with Crippen LogP contribution in [0.2, 0.25) is 0 Å². The van der Waals surface area contributed by atoms with E-state index < -0.39 is 0 Å². The zero-order valence-corrected chi connectivity index (χ0v) is 9.09. The molecule has 0 heterocycles. The molecule has 1 nitrogen and oxygen atoms in total. The highest BCUT2D eigenvalue weighted by atomic mass is 32.1. The average Bonchev–Trinajstić information content (AvgIpc) is 2.19. The van der Waals surface area contributed by atoms with Gasteiger partial charge in [-0.3, -0.25) is 0 Å². The molecule has 0 unspecified atom stereocenters. The van der Waals surface area contributed by atoms with E-state index in [0.29, 0.717) is 0 Å². The van der Waals surface area contributed by atoms with Gasteiger partial charge >= 0.3 is 0 Å². The fourth-order valence-corrected chi connectivity index (χ4v) is 1.36. The quantitative estimate of drug-likeness (QED) is 0.749. The summed E-state index contributed by atoms with van der Waals surface area (Å²) in [6.45, 7) is 2.02. The van der Waals surface area contributed by atoms with Crippen molar-refractivity contribution < 1.29 is 0 Å². The molecule has 2 heteroatoms. The minimum atomic E-state index is 0.728. The summed E-state index contributed by atoms with van der Waals surface area (Å²) in [4.78, 5) is 0. The molecule has 0 saturated carbocycles. The summed E-state index contributed by atoms with van der Waals surface area (Å²) in [6.07, 6.45) is 4.96. The number of nitriles is 1. The average molecular weight is 203 g/mol. The summed E-state index contributed by atoms with van der Waals surface area (Å²) in [6, 6.07) is 8.01. The zero-order valence-electron chi connectivity index (χ0n) is 8.20. The molecule has 14 heavy (non-hydrogen) atoms. The van der Waals surface area contributed by atoms with Crippen LogP contribution in [0.25, 0.3) is 6.08 Å². The van der Waals surface area contributed by atoms with Gasteiger partial charge < -0.3 is 0 Å². The highest BCUT2D eigenvalue weighted by Gasteiger charge is 1.97. The summed E-state index contributed by atoms with van der Waals surface area (Å²) in [5.74, 6) is 0.838. The molecular formula is C12H13NS. The Kier molecular flexibility index (Phi) is 4.28. The lowest BCUT2D eigenvalue weighted by molar-refractivity contribution is 1.26. The number of nitrogens with zero attached hydrogens (tertiary/aromatic N) is 1. The summed E-state index contributed by atoms with van der Waals surface area (Å²) in [5.41, 5.74) is 2.90. The highest BCUT2D eigenvalue weighted by molar-refractivity contribution is 7.80. The van der Waals surface area contributed by atoms with Crippen molar-refractivity contribution in [3.05, 3.63) is 41.0 Å². The van der Waals surface area contributed by atoms with Crippen LogP contribution >= 0.6 is 12.6 Å². The number of allylic oxidation sites excluding steroid dienone is 1. The van der Waals surface area contributed by atoms with Gasteiger partial charge in [-0.05, 0) is 30.7 Å². The Bertz CT molecular complexity index is 374. The third-order valence-corrected chi connectivity index (χ3v) is 2.18. The second-order valence-electron chi connectivity index (χ2n) is 3.12. The molecule has 1 aromatic carbocycles. The van der Waals surface area contributed by atoms with E-state index >= 15 is 0 Å². The van der Waals surface area contributed by atoms with Crippen LogP contribution in [-0.2, 0) is 0 Å². The first-order valence-corrected chi connectivity index (χ1v) is 5.19. The summed E-state index contributed by atoms with van der Waals surface area (Å²) >= 11 is 4.12. The summed E-state index contributed by atoms with van der Waals surface area (Å²) < 4.78 is 0. The molecule has 72 valence electrons. The van der Waals surface area contributed by atoms with E-state index in [-0.39, 0.29) is 0 Å². The molecule has 0 aliphatic rings. The number of aryl methyl sites for hydroxylation is 1. The smallest absolute Gasteiger partial charge is 0.0997 e. The molecule has 0 saturated heterocycles. The van der Waals surface area contributed by atoms with Crippen molar-refractivity contribution >= 4 is 18.7 Å². The molecule has 0 aromatic heterocycles. The highest BCUT2D eigenvalue weighted by Crippen LogP contribution is 2.12. The first kappa shape index (κ1) is 10.9. The Hall–Kier alpha value is -1.20. The van der Waals surface area contributed by atoms with E-state index in [1.54, 1.807) is 0 Å². The minimum Gasteiger partial charge on any atom is -0.192 e. The van der Waals surface area contributed by atoms with Crippen molar-refractivity contribution in [2.75, 3.05) is 5.75 Å². The molecule has 0 N–H and O–H groups in total. The Labute approximate surface area is 90.5 Å². The first-order valence-electron chi connectivity index (χ1n) is 4.56. The molecular weight excluding hydrogens is 190 g/mol. The normalized spacial score (nSPS) is 10.4. The van der Waals surface area contributed by atoms with E-state index in [0.717, 1.165) is 23.3 Å². The Morgan fingerprint density at radius 2 is 2.29 bits per heavy atom. The maximum atomic E-state index is 8.87. The lowest BCUT2D eigenvalue weighted by Crippen LogP contribution is -1.83. The molecule has 0 atom stereocenters. The molecule has 0 amide bonds. The van der Waals surface area contributed by atoms with Crippen LogP contribution in [0.1, 0.15) is 23.1 Å². The third kappa shape index (κ3) is 2.93. The van der Waals surface area contributed by atoms with Crippen molar-refractivity contribution in [3.63, 3.8) is 0 Å². The van der Waals surface area contributed by atoms with Crippen molar-refractivity contribution in [3.8, 4) is 6.07 Å². The van der Waals surface area contributed by atoms with Gasteiger partial charge in [0, 0.05) is 0 Å². The SMILES string of the molecule is Cc1ccc(C#N)c(C=CCCS)c1. The predicted molar refractivity (Wildman–Crippen MR) is 63.4 cm³/mol. The molecule has 0 fully saturated rings. The lowest BCUT2D eigenvalue weighted by Gasteiger charge is -1.99. The van der Waals surface area contributed by atoms with E-state index in [1.165, 1.54) is 5.56 Å². The fourth-order valence-electron chi connectivity index (χ4n) is 1.21. The van der Waals surface area contributed by atoms with E-state index in [2.05, 4.69) is 18.7 Å². The molecule has 1 aromatic rings. The molecule has 0 spiro atoms. The molecule has 0 bridgehead atoms. The van der Waals surface area contributed by atoms with Crippen LogP contribution < -0.4 is 0 Å². The number of rotatable bonds is 3. The number of hydrogen-bond acceptors (Lipinski definition) is 2. The number of benzene rings is 1. The van der Waals surface area contributed by atoms with Gasteiger partial charge in [0.25, 0.3) is 0 Å². The van der Waals surface area contributed by atoms with Gasteiger partial charge in [0.2, 0.25) is 0 Å². The van der Waals surface area contributed by atoms with Crippen LogP contribution in [0, 0.1) is 18.3 Å². The van der Waals surface area contributed by atoms with Gasteiger partial charge in [0.15, 0.2) is 0 Å². The van der Waals surface area contributed by atoms with Crippen LogP contribution in [-0.4, -0.2) is 5.75 Å². The largest absolute Gasteiger partial charge is 0.192 e. The number of hydrogen-bond donors (Lipinski definition) is 1. The molecule has 0 aliphatic heterocycles. The van der Waals surface area contributed by atoms with Gasteiger partial charge in [0.1, 0.15) is 0 Å². The lowest BCUT2D eigenvalue weighted by atomic mass is 10.0. The predicted octanol–water partition coefficient (Wildman–Crippen LogP) is 3.20. The van der Waals surface area contributed by atoms with Crippen molar-refractivity contribution in [2.45, 2.75) is 13.3 Å². The standard InChI is InChI=1S/C12H13NS/c1-10-5-6-12(9-13)11(8-10)4-2-3-7-14/h2,4-6,8,14H,3,7H2,1H3. The second-order valence-corrected chi connectivity index (χ2v) is 3.56. The van der Waals surface area contributed by atoms with Gasteiger partial charge in [-0.25, -0.2) is 0 Å². The van der Waals surface area contributed by atoms with Gasteiger partial charge in [-0.2, -0.15) is 17.9 Å². The van der Waals surface area contributed by atoms with Crippen LogP contribution in [0.4, 0.5) is 0 Å². The monoisotopic (exact) mass is 203 g/mol. The Morgan fingerprint density at radius 3 is 2.93 bits per heavy atom. The first-order chi connectivity index (χ1) is 6.77. The molecule has 1 rings (SSSR count). The van der Waals surface area contributed by atoms with Crippen LogP contribution in [0.5, 0.6) is 0 Å². The minimum absolute atomic E-state index is 0.728. The van der Waals surface area contributed by atoms with E-state index in [1.807, 2.05) is 37.3 Å². The zero-order chi connectivity index (χ0) is 10.4. The maximum absolute atomic E-state index is 8.87. The van der Waals surface area contributed by atoms with Crippen LogP contribution in [0.3, 0.4) is 0 Å². The van der Waals surface area contributed by atoms with Crippen molar-refractivity contribution in [1.29, 1.82) is 5.26 Å². The molecule has 0 aliphatic carbocycles. The Balaban J connectivity index is 2.94. The Morgan fingerprint density at radius 1 is 1.50 bits per heavy atom. The van der Waals surface area contributed by atoms with Crippen LogP contribution in [0.15, 0.2) is 24.3 Å². The van der Waals surface area contributed by atoms with Gasteiger partial charge in [-0.15, -0.1) is 0 Å². The summed E-state index contributed by atoms with van der Waals surface area (Å²) in [7, 11) is 0. The molecule has 0 radical (unpaired) electrons. The summed E-state index contributed by atoms with van der Waals surface area (Å²) in [5, 5.41) is 8.87. The second kappa shape index (κ2) is 5.51. The van der Waals surface area contributed by atoms with Gasteiger partial charge in [-0.1, -0.05) is 29.8 Å². The van der Waals surface area contributed by atoms with Gasteiger partial charge in [0.05, 0.1) is 11.6 Å². The van der Waals surface area contributed by atoms with Crippen molar-refractivity contribution in [1.82, 2.24) is 0 Å². The van der Waals surface area contributed by atoms with E-state index in [4.69, 9.17) is 5.26 Å². The van der Waals surface area contributed by atoms with Crippen molar-refractivity contribution in [2.24, 2.45) is 0 Å². The fraction of sp³-hybridized carbons (Fsp3) is 0.250.